The van der Waals surface area contributed by atoms with Crippen molar-refractivity contribution < 1.29 is 14.3 Å². The molecule has 0 unspecified atom stereocenters. The Balaban J connectivity index is 2.57. The van der Waals surface area contributed by atoms with Gasteiger partial charge in [0, 0.05) is 25.6 Å². The molecule has 0 radical (unpaired) electrons. The number of hydrogen-bond acceptors (Lipinski definition) is 3. The van der Waals surface area contributed by atoms with E-state index in [9.17, 15) is 4.79 Å². The van der Waals surface area contributed by atoms with Crippen molar-refractivity contribution >= 4 is 6.09 Å². The van der Waals surface area contributed by atoms with Crippen molar-refractivity contribution in [2.24, 2.45) is 5.41 Å². The smallest absolute Gasteiger partial charge is 0.410 e. The van der Waals surface area contributed by atoms with E-state index in [0.29, 0.717) is 6.61 Å². The molecule has 100 valence electrons. The molecule has 1 amide bonds. The Morgan fingerprint density at radius 2 is 2.06 bits per heavy atom. The van der Waals surface area contributed by atoms with Crippen LogP contribution in [0.15, 0.2) is 0 Å². The number of likely N-dealkylation sites (tertiary alicyclic amines) is 1. The van der Waals surface area contributed by atoms with Crippen molar-refractivity contribution in [3.63, 3.8) is 0 Å². The van der Waals surface area contributed by atoms with Crippen LogP contribution in [0.2, 0.25) is 0 Å². The number of hydrogen-bond donors (Lipinski definition) is 0. The fraction of sp³-hybridized carbons (Fsp3) is 0.923. The van der Waals surface area contributed by atoms with Crippen molar-refractivity contribution in [1.29, 1.82) is 0 Å². The van der Waals surface area contributed by atoms with Crippen LogP contribution in [0.25, 0.3) is 0 Å². The van der Waals surface area contributed by atoms with Crippen LogP contribution in [0.4, 0.5) is 4.79 Å². The summed E-state index contributed by atoms with van der Waals surface area (Å²) in [4.78, 5) is 13.8. The molecule has 0 spiro atoms. The highest BCUT2D eigenvalue weighted by molar-refractivity contribution is 5.68. The van der Waals surface area contributed by atoms with E-state index >= 15 is 0 Å². The third kappa shape index (κ3) is 4.54. The van der Waals surface area contributed by atoms with Gasteiger partial charge in [0.1, 0.15) is 5.60 Å². The van der Waals surface area contributed by atoms with Gasteiger partial charge in [0.25, 0.3) is 0 Å². The first kappa shape index (κ1) is 14.3. The minimum absolute atomic E-state index is 0.0594. The summed E-state index contributed by atoms with van der Waals surface area (Å²) in [5.74, 6) is 0. The lowest BCUT2D eigenvalue weighted by molar-refractivity contribution is -0.00976. The predicted molar refractivity (Wildman–Crippen MR) is 67.0 cm³/mol. The second-order valence-corrected chi connectivity index (χ2v) is 6.25. The first-order valence-electron chi connectivity index (χ1n) is 6.23. The monoisotopic (exact) mass is 243 g/mol. The minimum atomic E-state index is -0.424. The number of ether oxygens (including phenoxy) is 2. The first-order valence-corrected chi connectivity index (χ1v) is 6.23. The number of piperidine rings is 1. The van der Waals surface area contributed by atoms with Crippen LogP contribution in [0.3, 0.4) is 0 Å². The molecular weight excluding hydrogens is 218 g/mol. The van der Waals surface area contributed by atoms with E-state index in [2.05, 4.69) is 6.92 Å². The Labute approximate surface area is 104 Å². The zero-order valence-electron chi connectivity index (χ0n) is 11.7. The van der Waals surface area contributed by atoms with E-state index in [-0.39, 0.29) is 11.5 Å². The summed E-state index contributed by atoms with van der Waals surface area (Å²) in [5.41, 5.74) is -0.365. The molecule has 0 bridgehead atoms. The van der Waals surface area contributed by atoms with E-state index in [4.69, 9.17) is 9.47 Å². The zero-order chi connectivity index (χ0) is 13.1. The molecule has 4 heteroatoms. The number of rotatable bonds is 2. The fourth-order valence-corrected chi connectivity index (χ4v) is 2.26. The topological polar surface area (TPSA) is 38.8 Å². The van der Waals surface area contributed by atoms with Crippen molar-refractivity contribution in [2.45, 2.75) is 46.1 Å². The number of amides is 1. The summed E-state index contributed by atoms with van der Waals surface area (Å²) < 4.78 is 10.6. The fourth-order valence-electron chi connectivity index (χ4n) is 2.26. The molecule has 0 aromatic rings. The molecule has 1 aliphatic rings. The van der Waals surface area contributed by atoms with Gasteiger partial charge in [-0.3, -0.25) is 0 Å². The van der Waals surface area contributed by atoms with Crippen molar-refractivity contribution in [3.05, 3.63) is 0 Å². The highest BCUT2D eigenvalue weighted by Gasteiger charge is 2.34. The maximum atomic E-state index is 12.0. The van der Waals surface area contributed by atoms with Gasteiger partial charge in [-0.15, -0.1) is 0 Å². The molecule has 0 saturated carbocycles. The lowest BCUT2D eigenvalue weighted by Gasteiger charge is -2.40. The van der Waals surface area contributed by atoms with Crippen LogP contribution < -0.4 is 0 Å². The Morgan fingerprint density at radius 3 is 2.59 bits per heavy atom. The molecule has 1 fully saturated rings. The normalized spacial score (nSPS) is 25.8. The van der Waals surface area contributed by atoms with Crippen LogP contribution in [-0.2, 0) is 9.47 Å². The number of carbonyl (C=O) groups excluding carboxylic acids is 1. The van der Waals surface area contributed by atoms with Gasteiger partial charge in [-0.2, -0.15) is 0 Å². The van der Waals surface area contributed by atoms with Gasteiger partial charge in [-0.05, 0) is 33.6 Å². The average molecular weight is 243 g/mol. The molecule has 1 atom stereocenters. The molecule has 1 saturated heterocycles. The van der Waals surface area contributed by atoms with Crippen LogP contribution in [-0.4, -0.2) is 43.4 Å². The quantitative estimate of drug-likeness (QED) is 0.748. The maximum Gasteiger partial charge on any atom is 0.410 e. The van der Waals surface area contributed by atoms with Crippen LogP contribution in [0, 0.1) is 5.41 Å². The second kappa shape index (κ2) is 5.25. The number of nitrogens with zero attached hydrogens (tertiary/aromatic N) is 1. The van der Waals surface area contributed by atoms with Crippen LogP contribution in [0.5, 0.6) is 0 Å². The summed E-state index contributed by atoms with van der Waals surface area (Å²) in [6.45, 7) is 10.0. The third-order valence-corrected chi connectivity index (χ3v) is 2.93. The molecule has 0 aliphatic carbocycles. The van der Waals surface area contributed by atoms with Gasteiger partial charge in [0.2, 0.25) is 0 Å². The summed E-state index contributed by atoms with van der Waals surface area (Å²) in [6, 6.07) is 0. The number of methoxy groups -OCH3 is 1. The third-order valence-electron chi connectivity index (χ3n) is 2.93. The second-order valence-electron chi connectivity index (χ2n) is 6.25. The molecule has 0 N–H and O–H groups in total. The average Bonchev–Trinajstić information content (AvgIpc) is 2.14. The van der Waals surface area contributed by atoms with E-state index in [1.165, 1.54) is 0 Å². The van der Waals surface area contributed by atoms with Gasteiger partial charge >= 0.3 is 6.09 Å². The van der Waals surface area contributed by atoms with Gasteiger partial charge in [0.15, 0.2) is 0 Å². The number of carbonyl (C=O) groups is 1. The SMILES string of the molecule is COC[C@@]1(C)CCCN(C(=O)OC(C)(C)C)C1. The highest BCUT2D eigenvalue weighted by Crippen LogP contribution is 2.30. The van der Waals surface area contributed by atoms with E-state index in [1.807, 2.05) is 20.8 Å². The minimum Gasteiger partial charge on any atom is -0.444 e. The van der Waals surface area contributed by atoms with E-state index < -0.39 is 5.60 Å². The van der Waals surface area contributed by atoms with Crippen molar-refractivity contribution in [1.82, 2.24) is 4.90 Å². The summed E-state index contributed by atoms with van der Waals surface area (Å²) in [6.07, 6.45) is 1.90. The van der Waals surface area contributed by atoms with Crippen LogP contribution in [0.1, 0.15) is 40.5 Å². The molecule has 0 aromatic heterocycles. The highest BCUT2D eigenvalue weighted by atomic mass is 16.6. The van der Waals surface area contributed by atoms with Gasteiger partial charge in [-0.25, -0.2) is 4.79 Å². The Hall–Kier alpha value is -0.770. The lowest BCUT2D eigenvalue weighted by Crippen LogP contribution is -2.48. The van der Waals surface area contributed by atoms with E-state index in [1.54, 1.807) is 12.0 Å². The molecule has 4 nitrogen and oxygen atoms in total. The molecule has 1 rings (SSSR count). The van der Waals surface area contributed by atoms with Crippen molar-refractivity contribution in [2.75, 3.05) is 26.8 Å². The van der Waals surface area contributed by atoms with Gasteiger partial charge in [0.05, 0.1) is 6.61 Å². The first-order chi connectivity index (χ1) is 7.76. The zero-order valence-corrected chi connectivity index (χ0v) is 11.7. The maximum absolute atomic E-state index is 12.0. The molecule has 0 aromatic carbocycles. The predicted octanol–water partition coefficient (Wildman–Crippen LogP) is 2.67. The summed E-state index contributed by atoms with van der Waals surface area (Å²) >= 11 is 0. The standard InChI is InChI=1S/C13H25NO3/c1-12(2,3)17-11(15)14-8-6-7-13(4,9-14)10-16-5/h6-10H2,1-5H3/t13-/m0/s1. The molecule has 1 heterocycles. The van der Waals surface area contributed by atoms with Crippen molar-refractivity contribution in [3.8, 4) is 0 Å². The summed E-state index contributed by atoms with van der Waals surface area (Å²) in [5, 5.41) is 0. The molecular formula is C13H25NO3. The largest absolute Gasteiger partial charge is 0.444 e. The Kier molecular flexibility index (Phi) is 4.42. The van der Waals surface area contributed by atoms with Gasteiger partial charge < -0.3 is 14.4 Å². The molecule has 17 heavy (non-hydrogen) atoms. The Bertz CT molecular complexity index is 268. The molecule has 1 aliphatic heterocycles. The lowest BCUT2D eigenvalue weighted by atomic mass is 9.83. The van der Waals surface area contributed by atoms with Crippen LogP contribution >= 0.6 is 0 Å². The Morgan fingerprint density at radius 1 is 1.41 bits per heavy atom. The summed E-state index contributed by atoms with van der Waals surface area (Å²) in [7, 11) is 1.71. The van der Waals surface area contributed by atoms with Gasteiger partial charge in [-0.1, -0.05) is 6.92 Å². The van der Waals surface area contributed by atoms with E-state index in [0.717, 1.165) is 25.9 Å².